The lowest BCUT2D eigenvalue weighted by Crippen LogP contribution is -2.41. The Morgan fingerprint density at radius 3 is 2.50 bits per heavy atom. The van der Waals surface area contributed by atoms with Crippen molar-refractivity contribution in [2.45, 2.75) is 43.8 Å². The normalized spacial score (nSPS) is 21.9. The van der Waals surface area contributed by atoms with E-state index in [-0.39, 0.29) is 23.8 Å². The number of nitrogens with zero attached hydrogens (tertiary/aromatic N) is 5. The number of hydrogen-bond acceptors (Lipinski definition) is 6. The zero-order chi connectivity index (χ0) is 18.8. The van der Waals surface area contributed by atoms with Gasteiger partial charge in [0.15, 0.2) is 16.9 Å². The van der Waals surface area contributed by atoms with Crippen LogP contribution in [0.2, 0.25) is 5.02 Å². The van der Waals surface area contributed by atoms with Gasteiger partial charge in [-0.05, 0) is 37.8 Å². The van der Waals surface area contributed by atoms with Crippen LogP contribution in [-0.2, 0) is 0 Å². The zero-order valence-corrected chi connectivity index (χ0v) is 15.6. The Labute approximate surface area is 164 Å². The Bertz CT molecular complexity index is 1260. The van der Waals surface area contributed by atoms with E-state index in [0.29, 0.717) is 27.9 Å². The van der Waals surface area contributed by atoms with Crippen LogP contribution in [-0.4, -0.2) is 30.1 Å². The number of rotatable bonds is 4. The molecule has 0 amide bonds. The molecule has 0 radical (unpaired) electrons. The Morgan fingerprint density at radius 2 is 1.79 bits per heavy atom. The van der Waals surface area contributed by atoms with Gasteiger partial charge in [-0.2, -0.15) is 4.98 Å². The van der Waals surface area contributed by atoms with E-state index in [4.69, 9.17) is 16.0 Å². The summed E-state index contributed by atoms with van der Waals surface area (Å²) in [6.07, 6.45) is 6.97. The molecule has 3 heterocycles. The van der Waals surface area contributed by atoms with E-state index in [1.165, 1.54) is 0 Å². The van der Waals surface area contributed by atoms with Crippen molar-refractivity contribution >= 4 is 40.0 Å². The number of nitrogens with one attached hydrogen (secondary N) is 1. The molecule has 0 saturated heterocycles. The fourth-order valence-corrected chi connectivity index (χ4v) is 4.16. The third-order valence-electron chi connectivity index (χ3n) is 5.60. The van der Waals surface area contributed by atoms with Crippen LogP contribution in [0, 0.1) is 0 Å². The summed E-state index contributed by atoms with van der Waals surface area (Å²) in [5, 5.41) is 3.93. The molecule has 3 aromatic heterocycles. The van der Waals surface area contributed by atoms with Crippen molar-refractivity contribution in [1.29, 1.82) is 0 Å². The highest BCUT2D eigenvalue weighted by atomic mass is 35.5. The molecule has 0 unspecified atom stereocenters. The first-order valence-electron chi connectivity index (χ1n) is 9.43. The van der Waals surface area contributed by atoms with Crippen LogP contribution < -0.4 is 11.0 Å². The molecule has 28 heavy (non-hydrogen) atoms. The minimum Gasteiger partial charge on any atom is -0.423 e. The van der Waals surface area contributed by atoms with E-state index >= 15 is 0 Å². The molecule has 0 spiro atoms. The fraction of sp³-hybridized carbons (Fsp3) is 0.368. The summed E-state index contributed by atoms with van der Waals surface area (Å²) in [6.45, 7) is 0. The number of oxazole rings is 1. The number of fused-ring (bicyclic) bond motifs is 2. The fourth-order valence-electron chi connectivity index (χ4n) is 4.00. The summed E-state index contributed by atoms with van der Waals surface area (Å²) in [5.41, 5.74) is 2.80. The first kappa shape index (κ1) is 16.1. The summed E-state index contributed by atoms with van der Waals surface area (Å²) >= 11 is 6.00. The Hall–Kier alpha value is -2.87. The molecule has 0 atom stereocenters. The van der Waals surface area contributed by atoms with E-state index in [1.807, 2.05) is 15.2 Å². The van der Waals surface area contributed by atoms with Crippen molar-refractivity contribution in [3.8, 4) is 0 Å². The second-order valence-electron chi connectivity index (χ2n) is 7.55. The molecule has 2 aliphatic carbocycles. The SMILES string of the molecule is O=c1n(C2CC2)c2nccnc2n1C1CC(Nc2nc3ccc(Cl)cc3o2)C1. The van der Waals surface area contributed by atoms with Crippen molar-refractivity contribution in [2.24, 2.45) is 0 Å². The van der Waals surface area contributed by atoms with Crippen LogP contribution in [0.5, 0.6) is 0 Å². The predicted octanol–water partition coefficient (Wildman–Crippen LogP) is 3.54. The number of imidazole rings is 1. The maximum absolute atomic E-state index is 13.0. The van der Waals surface area contributed by atoms with Crippen LogP contribution >= 0.6 is 11.6 Å². The smallest absolute Gasteiger partial charge is 0.332 e. The van der Waals surface area contributed by atoms with Gasteiger partial charge in [0.2, 0.25) is 0 Å². The second-order valence-corrected chi connectivity index (χ2v) is 7.99. The van der Waals surface area contributed by atoms with Crippen molar-refractivity contribution in [2.75, 3.05) is 5.32 Å². The van der Waals surface area contributed by atoms with Gasteiger partial charge in [-0.25, -0.2) is 14.8 Å². The Morgan fingerprint density at radius 1 is 1.07 bits per heavy atom. The molecule has 1 aromatic carbocycles. The molecule has 2 saturated carbocycles. The molecule has 0 aliphatic heterocycles. The molecular formula is C19H17ClN6O2. The summed E-state index contributed by atoms with van der Waals surface area (Å²) in [4.78, 5) is 26.3. The summed E-state index contributed by atoms with van der Waals surface area (Å²) < 4.78 is 9.36. The van der Waals surface area contributed by atoms with Crippen LogP contribution in [0.15, 0.2) is 39.8 Å². The van der Waals surface area contributed by atoms with Crippen LogP contribution in [0.1, 0.15) is 37.8 Å². The summed E-state index contributed by atoms with van der Waals surface area (Å²) in [6, 6.07) is 6.42. The predicted molar refractivity (Wildman–Crippen MR) is 105 cm³/mol. The average molecular weight is 397 g/mol. The van der Waals surface area contributed by atoms with Gasteiger partial charge in [0.25, 0.3) is 6.01 Å². The van der Waals surface area contributed by atoms with Crippen LogP contribution in [0.3, 0.4) is 0 Å². The van der Waals surface area contributed by atoms with Crippen molar-refractivity contribution in [3.63, 3.8) is 0 Å². The minimum absolute atomic E-state index is 0.00338. The molecule has 8 nitrogen and oxygen atoms in total. The lowest BCUT2D eigenvalue weighted by Gasteiger charge is -2.35. The molecule has 0 bridgehead atoms. The topological polar surface area (TPSA) is 90.8 Å². The number of benzene rings is 1. The van der Waals surface area contributed by atoms with Crippen molar-refractivity contribution < 1.29 is 4.42 Å². The number of aromatic nitrogens is 5. The standard InChI is InChI=1S/C19H17ClN6O2/c20-10-1-4-14-15(7-10)28-18(24-14)23-11-8-13(9-11)26-17-16(21-5-6-22-17)25(19(26)27)12-2-3-12/h1,4-7,11-13H,2-3,8-9H2,(H,23,24). The van der Waals surface area contributed by atoms with Gasteiger partial charge in [0.1, 0.15) is 5.52 Å². The van der Waals surface area contributed by atoms with Crippen molar-refractivity contribution in [3.05, 3.63) is 46.1 Å². The zero-order valence-electron chi connectivity index (χ0n) is 14.9. The Balaban J connectivity index is 1.25. The largest absolute Gasteiger partial charge is 0.423 e. The van der Waals surface area contributed by atoms with Gasteiger partial charge >= 0.3 is 5.69 Å². The van der Waals surface area contributed by atoms with Gasteiger partial charge in [0, 0.05) is 41.6 Å². The number of hydrogen-bond donors (Lipinski definition) is 1. The second kappa shape index (κ2) is 5.81. The molecule has 1 N–H and O–H groups in total. The van der Waals surface area contributed by atoms with Crippen LogP contribution in [0.25, 0.3) is 22.4 Å². The van der Waals surface area contributed by atoms with Crippen molar-refractivity contribution in [1.82, 2.24) is 24.1 Å². The van der Waals surface area contributed by atoms with Gasteiger partial charge in [-0.15, -0.1) is 0 Å². The summed E-state index contributed by atoms with van der Waals surface area (Å²) in [5.74, 6) is 0. The quantitative estimate of drug-likeness (QED) is 0.567. The molecule has 6 rings (SSSR count). The number of anilines is 1. The van der Waals surface area contributed by atoms with E-state index in [1.54, 1.807) is 24.5 Å². The van der Waals surface area contributed by atoms with Gasteiger partial charge in [0.05, 0.1) is 0 Å². The lowest BCUT2D eigenvalue weighted by molar-refractivity contribution is 0.276. The molecular weight excluding hydrogens is 380 g/mol. The third-order valence-corrected chi connectivity index (χ3v) is 5.83. The highest BCUT2D eigenvalue weighted by Gasteiger charge is 2.37. The summed E-state index contributed by atoms with van der Waals surface area (Å²) in [7, 11) is 0. The highest BCUT2D eigenvalue weighted by molar-refractivity contribution is 6.31. The maximum atomic E-state index is 13.0. The van der Waals surface area contributed by atoms with Gasteiger partial charge in [-0.1, -0.05) is 11.6 Å². The number of halogens is 1. The minimum atomic E-state index is 0.00338. The maximum Gasteiger partial charge on any atom is 0.332 e. The highest BCUT2D eigenvalue weighted by Crippen LogP contribution is 2.39. The molecule has 9 heteroatoms. The monoisotopic (exact) mass is 396 g/mol. The first-order chi connectivity index (χ1) is 13.7. The van der Waals surface area contributed by atoms with Gasteiger partial charge in [-0.3, -0.25) is 9.13 Å². The van der Waals surface area contributed by atoms with E-state index < -0.39 is 0 Å². The lowest BCUT2D eigenvalue weighted by atomic mass is 9.86. The average Bonchev–Trinajstić information content (AvgIpc) is 3.33. The van der Waals surface area contributed by atoms with E-state index in [0.717, 1.165) is 31.2 Å². The Kier molecular flexibility index (Phi) is 3.35. The molecule has 142 valence electrons. The molecule has 4 aromatic rings. The van der Waals surface area contributed by atoms with Crippen LogP contribution in [0.4, 0.5) is 6.01 Å². The first-order valence-corrected chi connectivity index (χ1v) is 9.81. The van der Waals surface area contributed by atoms with E-state index in [2.05, 4.69) is 20.3 Å². The van der Waals surface area contributed by atoms with Gasteiger partial charge < -0.3 is 9.73 Å². The molecule has 2 aliphatic rings. The third kappa shape index (κ3) is 2.44. The molecule has 2 fully saturated rings. The van der Waals surface area contributed by atoms with E-state index in [9.17, 15) is 4.79 Å².